The summed E-state index contributed by atoms with van der Waals surface area (Å²) >= 11 is 1.69. The van der Waals surface area contributed by atoms with Gasteiger partial charge in [-0.15, -0.1) is 0 Å². The van der Waals surface area contributed by atoms with E-state index in [0.717, 1.165) is 23.7 Å². The number of rotatable bonds is 4. The molecule has 0 spiro atoms. The lowest BCUT2D eigenvalue weighted by molar-refractivity contribution is 0.427. The van der Waals surface area contributed by atoms with Crippen LogP contribution in [0.15, 0.2) is 50.8 Å². The Morgan fingerprint density at radius 2 is 1.94 bits per heavy atom. The normalized spacial score (nSPS) is 10.6. The molecule has 0 amide bonds. The van der Waals surface area contributed by atoms with Crippen LogP contribution in [0.25, 0.3) is 0 Å². The highest BCUT2D eigenvalue weighted by atomic mass is 32.2. The van der Waals surface area contributed by atoms with E-state index in [-0.39, 0.29) is 0 Å². The Labute approximate surface area is 101 Å². The zero-order chi connectivity index (χ0) is 11.4. The lowest BCUT2D eigenvalue weighted by Crippen LogP contribution is -1.75. The Morgan fingerprint density at radius 1 is 1.19 bits per heavy atom. The molecule has 0 N–H and O–H groups in total. The minimum absolute atomic E-state index is 1.02. The van der Waals surface area contributed by atoms with Gasteiger partial charge in [0.25, 0.3) is 0 Å². The maximum atomic E-state index is 5.82. The van der Waals surface area contributed by atoms with Gasteiger partial charge in [-0.25, -0.2) is 0 Å². The van der Waals surface area contributed by atoms with E-state index in [1.165, 1.54) is 10.5 Å². The van der Waals surface area contributed by atoms with Gasteiger partial charge < -0.3 is 4.42 Å². The lowest BCUT2D eigenvalue weighted by Gasteiger charge is -1.98. The molecule has 0 bridgehead atoms. The van der Waals surface area contributed by atoms with E-state index in [0.29, 0.717) is 0 Å². The lowest BCUT2D eigenvalue weighted by atomic mass is 10.2. The van der Waals surface area contributed by atoms with Gasteiger partial charge in [0, 0.05) is 16.9 Å². The van der Waals surface area contributed by atoms with Gasteiger partial charge in [0.2, 0.25) is 0 Å². The Bertz CT molecular complexity index is 445. The van der Waals surface area contributed by atoms with Gasteiger partial charge in [0.05, 0.1) is 0 Å². The number of aryl methyl sites for hydroxylation is 2. The molecule has 0 unspecified atom stereocenters. The molecule has 1 aromatic heterocycles. The smallest absolute Gasteiger partial charge is 0.168 e. The molecule has 0 saturated carbocycles. The van der Waals surface area contributed by atoms with E-state index in [2.05, 4.69) is 32.0 Å². The van der Waals surface area contributed by atoms with Crippen LogP contribution in [0.3, 0.4) is 0 Å². The van der Waals surface area contributed by atoms with Gasteiger partial charge in [0.15, 0.2) is 5.09 Å². The van der Waals surface area contributed by atoms with Crippen molar-refractivity contribution in [2.24, 2.45) is 0 Å². The monoisotopic (exact) mass is 232 g/mol. The van der Waals surface area contributed by atoms with Crippen LogP contribution in [0.2, 0.25) is 0 Å². The van der Waals surface area contributed by atoms with Crippen molar-refractivity contribution >= 4 is 11.8 Å². The highest BCUT2D eigenvalue weighted by Crippen LogP contribution is 2.32. The molecule has 0 aliphatic carbocycles. The van der Waals surface area contributed by atoms with Crippen molar-refractivity contribution in [2.45, 2.75) is 36.7 Å². The van der Waals surface area contributed by atoms with Crippen molar-refractivity contribution in [3.05, 3.63) is 47.7 Å². The minimum Gasteiger partial charge on any atom is -0.454 e. The van der Waals surface area contributed by atoms with E-state index in [1.54, 1.807) is 11.8 Å². The average molecular weight is 232 g/mol. The van der Waals surface area contributed by atoms with Crippen molar-refractivity contribution in [2.75, 3.05) is 0 Å². The summed E-state index contributed by atoms with van der Waals surface area (Å²) in [6.07, 6.45) is 2.15. The molecular weight excluding hydrogens is 216 g/mol. The zero-order valence-electron chi connectivity index (χ0n) is 9.69. The van der Waals surface area contributed by atoms with Crippen LogP contribution >= 0.6 is 11.8 Å². The molecule has 0 aliphatic heterocycles. The maximum absolute atomic E-state index is 5.82. The van der Waals surface area contributed by atoms with Crippen LogP contribution in [0.5, 0.6) is 0 Å². The molecule has 2 rings (SSSR count). The summed E-state index contributed by atoms with van der Waals surface area (Å²) < 4.78 is 5.82. The van der Waals surface area contributed by atoms with Crippen molar-refractivity contribution in [1.29, 1.82) is 0 Å². The number of hydrogen-bond acceptors (Lipinski definition) is 2. The van der Waals surface area contributed by atoms with Gasteiger partial charge in [-0.05, 0) is 31.5 Å². The second-order valence-corrected chi connectivity index (χ2v) is 4.89. The predicted molar refractivity (Wildman–Crippen MR) is 68.0 cm³/mol. The first-order valence-corrected chi connectivity index (χ1v) is 6.43. The Morgan fingerprint density at radius 3 is 2.62 bits per heavy atom. The fourth-order valence-corrected chi connectivity index (χ4v) is 2.47. The summed E-state index contributed by atoms with van der Waals surface area (Å²) in [5.41, 5.74) is 1.23. The molecule has 1 aromatic carbocycles. The predicted octanol–water partition coefficient (Wildman–Crippen LogP) is 4.69. The summed E-state index contributed by atoms with van der Waals surface area (Å²) in [6, 6.07) is 12.5. The highest BCUT2D eigenvalue weighted by molar-refractivity contribution is 7.99. The van der Waals surface area contributed by atoms with E-state index < -0.39 is 0 Å². The summed E-state index contributed by atoms with van der Waals surface area (Å²) in [5.74, 6) is 1.10. The molecule has 0 aliphatic rings. The van der Waals surface area contributed by atoms with Crippen LogP contribution in [-0.4, -0.2) is 0 Å². The standard InChI is InChI=1S/C14H16OS/c1-3-7-12-10-11(2)14(15-12)16-13-8-5-4-6-9-13/h4-6,8-10H,3,7H2,1-2H3. The third kappa shape index (κ3) is 2.70. The molecule has 16 heavy (non-hydrogen) atoms. The van der Waals surface area contributed by atoms with E-state index >= 15 is 0 Å². The van der Waals surface area contributed by atoms with Gasteiger partial charge >= 0.3 is 0 Å². The van der Waals surface area contributed by atoms with Gasteiger partial charge in [-0.3, -0.25) is 0 Å². The fraction of sp³-hybridized carbons (Fsp3) is 0.286. The average Bonchev–Trinajstić information content (AvgIpc) is 2.61. The molecule has 0 saturated heterocycles. The van der Waals surface area contributed by atoms with E-state index in [4.69, 9.17) is 4.42 Å². The topological polar surface area (TPSA) is 13.1 Å². The number of hydrogen-bond donors (Lipinski definition) is 0. The van der Waals surface area contributed by atoms with Crippen LogP contribution in [0.1, 0.15) is 24.7 Å². The SMILES string of the molecule is CCCc1cc(C)c(Sc2ccccc2)o1. The summed E-state index contributed by atoms with van der Waals surface area (Å²) in [5, 5.41) is 1.02. The summed E-state index contributed by atoms with van der Waals surface area (Å²) in [4.78, 5) is 1.22. The molecule has 84 valence electrons. The first kappa shape index (κ1) is 11.3. The van der Waals surface area contributed by atoms with Crippen molar-refractivity contribution in [3.8, 4) is 0 Å². The summed E-state index contributed by atoms with van der Waals surface area (Å²) in [6.45, 7) is 4.27. The molecule has 2 aromatic rings. The van der Waals surface area contributed by atoms with Crippen LogP contribution in [-0.2, 0) is 6.42 Å². The minimum atomic E-state index is 1.02. The molecule has 2 heteroatoms. The quantitative estimate of drug-likeness (QED) is 0.758. The second kappa shape index (κ2) is 5.26. The van der Waals surface area contributed by atoms with Crippen molar-refractivity contribution in [1.82, 2.24) is 0 Å². The van der Waals surface area contributed by atoms with E-state index in [9.17, 15) is 0 Å². The first-order chi connectivity index (χ1) is 7.79. The van der Waals surface area contributed by atoms with Crippen molar-refractivity contribution in [3.63, 3.8) is 0 Å². The molecule has 0 atom stereocenters. The first-order valence-electron chi connectivity index (χ1n) is 5.62. The van der Waals surface area contributed by atoms with Crippen LogP contribution in [0, 0.1) is 6.92 Å². The van der Waals surface area contributed by atoms with Gasteiger partial charge in [-0.2, -0.15) is 0 Å². The summed E-state index contributed by atoms with van der Waals surface area (Å²) in [7, 11) is 0. The Kier molecular flexibility index (Phi) is 3.73. The number of furan rings is 1. The zero-order valence-corrected chi connectivity index (χ0v) is 10.5. The molecule has 1 heterocycles. The highest BCUT2D eigenvalue weighted by Gasteiger charge is 2.08. The van der Waals surface area contributed by atoms with E-state index in [1.807, 2.05) is 18.2 Å². The fourth-order valence-electron chi connectivity index (χ4n) is 1.60. The molecular formula is C14H16OS. The van der Waals surface area contributed by atoms with Gasteiger partial charge in [0.1, 0.15) is 5.76 Å². The van der Waals surface area contributed by atoms with Crippen LogP contribution < -0.4 is 0 Å². The third-order valence-corrected chi connectivity index (χ3v) is 3.47. The Balaban J connectivity index is 2.15. The maximum Gasteiger partial charge on any atom is 0.168 e. The molecule has 0 fully saturated rings. The Hall–Kier alpha value is -1.15. The molecule has 1 nitrogen and oxygen atoms in total. The third-order valence-electron chi connectivity index (χ3n) is 2.37. The molecule has 0 radical (unpaired) electrons. The largest absolute Gasteiger partial charge is 0.454 e. The number of benzene rings is 1. The van der Waals surface area contributed by atoms with Crippen LogP contribution in [0.4, 0.5) is 0 Å². The van der Waals surface area contributed by atoms with Crippen molar-refractivity contribution < 1.29 is 4.42 Å². The second-order valence-electron chi connectivity index (χ2n) is 3.85. The van der Waals surface area contributed by atoms with Gasteiger partial charge in [-0.1, -0.05) is 36.9 Å².